The van der Waals surface area contributed by atoms with Crippen LogP contribution in [-0.4, -0.2) is 28.3 Å². The van der Waals surface area contributed by atoms with Gasteiger partial charge in [0.15, 0.2) is 5.76 Å². The Labute approximate surface area is 226 Å². The van der Waals surface area contributed by atoms with E-state index in [9.17, 15) is 9.90 Å². The van der Waals surface area contributed by atoms with Gasteiger partial charge < -0.3 is 19.7 Å². The molecule has 2 heterocycles. The van der Waals surface area contributed by atoms with E-state index in [1.165, 1.54) is 0 Å². The molecule has 7 heteroatoms. The number of aliphatic carboxylic acids is 1. The van der Waals surface area contributed by atoms with Crippen LogP contribution in [0.15, 0.2) is 102 Å². The topological polar surface area (TPSA) is 97.5 Å². The first kappa shape index (κ1) is 24.7. The highest BCUT2D eigenvalue weighted by Crippen LogP contribution is 2.63. The summed E-state index contributed by atoms with van der Waals surface area (Å²) in [6.07, 6.45) is 12.8. The van der Waals surface area contributed by atoms with Crippen LogP contribution in [0.5, 0.6) is 5.75 Å². The van der Waals surface area contributed by atoms with E-state index in [-0.39, 0.29) is 5.92 Å². The van der Waals surface area contributed by atoms with Gasteiger partial charge in [-0.2, -0.15) is 0 Å². The van der Waals surface area contributed by atoms with Crippen LogP contribution >= 0.6 is 0 Å². The number of aryl methyl sites for hydroxylation is 1. The number of benzene rings is 2. The van der Waals surface area contributed by atoms with E-state index >= 15 is 0 Å². The van der Waals surface area contributed by atoms with Crippen molar-refractivity contribution in [3.8, 4) is 16.9 Å². The van der Waals surface area contributed by atoms with Gasteiger partial charge in [0.05, 0.1) is 24.1 Å². The molecule has 2 aliphatic carbocycles. The van der Waals surface area contributed by atoms with Crippen molar-refractivity contribution < 1.29 is 19.2 Å². The van der Waals surface area contributed by atoms with Crippen molar-refractivity contribution in [2.75, 3.05) is 12.4 Å². The summed E-state index contributed by atoms with van der Waals surface area (Å²) in [6, 6.07) is 20.0. The van der Waals surface area contributed by atoms with E-state index in [0.717, 1.165) is 22.4 Å². The molecular formula is C32H29N3O4. The number of anilines is 2. The molecule has 1 saturated carbocycles. The molecular weight excluding hydrogens is 490 g/mol. The zero-order chi connectivity index (χ0) is 27.0. The quantitative estimate of drug-likeness (QED) is 0.247. The third-order valence-electron chi connectivity index (χ3n) is 7.92. The Morgan fingerprint density at radius 3 is 2.49 bits per heavy atom. The lowest BCUT2D eigenvalue weighted by Gasteiger charge is -2.35. The highest BCUT2D eigenvalue weighted by atomic mass is 16.5. The highest BCUT2D eigenvalue weighted by Gasteiger charge is 2.66. The maximum Gasteiger partial charge on any atom is 0.311 e. The number of allylic oxidation sites excluding steroid dienone is 4. The second-order valence-corrected chi connectivity index (χ2v) is 10.2. The zero-order valence-electron chi connectivity index (χ0n) is 21.8. The molecule has 0 radical (unpaired) electrons. The summed E-state index contributed by atoms with van der Waals surface area (Å²) in [5.74, 6) is 0.408. The van der Waals surface area contributed by atoms with Crippen LogP contribution in [0.2, 0.25) is 0 Å². The van der Waals surface area contributed by atoms with Gasteiger partial charge in [0.25, 0.3) is 0 Å². The standard InChI is InChI=1S/C32H29N3O4/c1-21-28(34-26-10-6-9-24(17-26)25-18-27(38-2)20-33-19-25)29(39-35-21)31(32(15-16-32)30(36)37)13-11-23(12-14-31)22-7-4-3-5-8-22/h3-14,17-20,23,34H,15-16H2,1-2H3,(H,36,37). The van der Waals surface area contributed by atoms with Gasteiger partial charge in [-0.25, -0.2) is 0 Å². The van der Waals surface area contributed by atoms with E-state index in [0.29, 0.717) is 35.7 Å². The van der Waals surface area contributed by atoms with E-state index in [2.05, 4.69) is 39.7 Å². The van der Waals surface area contributed by atoms with E-state index < -0.39 is 16.8 Å². The third kappa shape index (κ3) is 4.20. The Bertz CT molecular complexity index is 1570. The number of carbonyl (C=O) groups is 1. The van der Waals surface area contributed by atoms with Crippen LogP contribution in [0.25, 0.3) is 11.1 Å². The molecule has 2 aromatic carbocycles. The summed E-state index contributed by atoms with van der Waals surface area (Å²) >= 11 is 0. The normalized spacial score (nSPS) is 20.9. The highest BCUT2D eigenvalue weighted by molar-refractivity contribution is 5.84. The second kappa shape index (κ2) is 9.58. The van der Waals surface area contributed by atoms with Crippen molar-refractivity contribution >= 4 is 17.3 Å². The van der Waals surface area contributed by atoms with Crippen molar-refractivity contribution in [3.05, 3.63) is 114 Å². The molecule has 0 amide bonds. The maximum atomic E-state index is 12.7. The van der Waals surface area contributed by atoms with Gasteiger partial charge in [-0.05, 0) is 49.1 Å². The van der Waals surface area contributed by atoms with Crippen molar-refractivity contribution in [1.29, 1.82) is 0 Å². The van der Waals surface area contributed by atoms with Crippen LogP contribution in [0.1, 0.15) is 35.8 Å². The summed E-state index contributed by atoms with van der Waals surface area (Å²) in [4.78, 5) is 16.9. The number of carboxylic acid groups (broad SMARTS) is 1. The summed E-state index contributed by atoms with van der Waals surface area (Å²) in [5, 5.41) is 18.2. The Morgan fingerprint density at radius 1 is 1.03 bits per heavy atom. The zero-order valence-corrected chi connectivity index (χ0v) is 21.8. The second-order valence-electron chi connectivity index (χ2n) is 10.2. The molecule has 39 heavy (non-hydrogen) atoms. The number of nitrogens with one attached hydrogen (secondary N) is 1. The van der Waals surface area contributed by atoms with Crippen molar-refractivity contribution in [2.45, 2.75) is 31.1 Å². The SMILES string of the molecule is COc1cncc(-c2cccc(Nc3c(C)noc3C3(C4(C(=O)O)CC4)C=CC(c4ccccc4)C=C3)c2)c1. The summed E-state index contributed by atoms with van der Waals surface area (Å²) in [6.45, 7) is 1.86. The van der Waals surface area contributed by atoms with Gasteiger partial charge in [0.2, 0.25) is 0 Å². The molecule has 6 rings (SSSR count). The minimum absolute atomic E-state index is 0.0532. The third-order valence-corrected chi connectivity index (χ3v) is 7.92. The van der Waals surface area contributed by atoms with Crippen LogP contribution in [0.4, 0.5) is 11.4 Å². The average molecular weight is 520 g/mol. The molecule has 1 fully saturated rings. The molecule has 0 unspecified atom stereocenters. The lowest BCUT2D eigenvalue weighted by Crippen LogP contribution is -2.40. The van der Waals surface area contributed by atoms with Gasteiger partial charge >= 0.3 is 5.97 Å². The minimum Gasteiger partial charge on any atom is -0.495 e. The fourth-order valence-electron chi connectivity index (χ4n) is 5.55. The molecule has 2 aliphatic rings. The molecule has 0 atom stereocenters. The number of methoxy groups -OCH3 is 1. The van der Waals surface area contributed by atoms with Crippen molar-refractivity contribution in [1.82, 2.24) is 10.1 Å². The van der Waals surface area contributed by atoms with Gasteiger partial charge in [-0.3, -0.25) is 9.78 Å². The molecule has 196 valence electrons. The van der Waals surface area contributed by atoms with E-state index in [1.807, 2.05) is 67.6 Å². The molecule has 0 spiro atoms. The monoisotopic (exact) mass is 519 g/mol. The summed E-state index contributed by atoms with van der Waals surface area (Å²) in [5.41, 5.74) is 3.23. The molecule has 0 bridgehead atoms. The van der Waals surface area contributed by atoms with Crippen LogP contribution in [-0.2, 0) is 10.2 Å². The smallest absolute Gasteiger partial charge is 0.311 e. The van der Waals surface area contributed by atoms with E-state index in [4.69, 9.17) is 9.26 Å². The lowest BCUT2D eigenvalue weighted by atomic mass is 9.66. The molecule has 0 saturated heterocycles. The first-order chi connectivity index (χ1) is 19.0. The molecule has 4 aromatic rings. The van der Waals surface area contributed by atoms with Crippen LogP contribution in [0, 0.1) is 12.3 Å². The first-order valence-electron chi connectivity index (χ1n) is 13.0. The average Bonchev–Trinajstić information content (AvgIpc) is 3.73. The van der Waals surface area contributed by atoms with Crippen molar-refractivity contribution in [3.63, 3.8) is 0 Å². The van der Waals surface area contributed by atoms with Gasteiger partial charge in [0.1, 0.15) is 17.1 Å². The van der Waals surface area contributed by atoms with Gasteiger partial charge in [-0.1, -0.05) is 71.9 Å². The van der Waals surface area contributed by atoms with Crippen molar-refractivity contribution in [2.24, 2.45) is 5.41 Å². The van der Waals surface area contributed by atoms with Gasteiger partial charge in [-0.15, -0.1) is 0 Å². The number of hydrogen-bond donors (Lipinski definition) is 2. The first-order valence-corrected chi connectivity index (χ1v) is 13.0. The number of nitrogens with zero attached hydrogens (tertiary/aromatic N) is 2. The van der Waals surface area contributed by atoms with Crippen LogP contribution in [0.3, 0.4) is 0 Å². The number of rotatable bonds is 8. The molecule has 2 aromatic heterocycles. The Hall–Kier alpha value is -4.65. The Kier molecular flexibility index (Phi) is 6.06. The largest absolute Gasteiger partial charge is 0.495 e. The Balaban J connectivity index is 1.39. The van der Waals surface area contributed by atoms with E-state index in [1.54, 1.807) is 19.5 Å². The summed E-state index contributed by atoms with van der Waals surface area (Å²) < 4.78 is 11.3. The molecule has 0 aliphatic heterocycles. The fraction of sp³-hybridized carbons (Fsp3) is 0.219. The number of pyridine rings is 1. The minimum atomic E-state index is -0.988. The summed E-state index contributed by atoms with van der Waals surface area (Å²) in [7, 11) is 1.62. The lowest BCUT2D eigenvalue weighted by molar-refractivity contribution is -0.145. The molecule has 2 N–H and O–H groups in total. The predicted octanol–water partition coefficient (Wildman–Crippen LogP) is 6.81. The molecule has 7 nitrogen and oxygen atoms in total. The predicted molar refractivity (Wildman–Crippen MR) is 149 cm³/mol. The number of aromatic nitrogens is 2. The van der Waals surface area contributed by atoms with Gasteiger partial charge in [0, 0.05) is 23.4 Å². The fourth-order valence-corrected chi connectivity index (χ4v) is 5.55. The Morgan fingerprint density at radius 2 is 1.79 bits per heavy atom. The number of ether oxygens (including phenoxy) is 1. The maximum absolute atomic E-state index is 12.7. The van der Waals surface area contributed by atoms with Crippen LogP contribution < -0.4 is 10.1 Å². The number of carboxylic acids is 1. The number of hydrogen-bond acceptors (Lipinski definition) is 6.